The van der Waals surface area contributed by atoms with Gasteiger partial charge in [0.05, 0.1) is 0 Å². The van der Waals surface area contributed by atoms with Gasteiger partial charge in [0.15, 0.2) is 0 Å². The number of fused-ring (bicyclic) bond motifs is 14. The normalized spacial score (nSPS) is 12.2. The summed E-state index contributed by atoms with van der Waals surface area (Å²) in [7, 11) is 0. The molecule has 0 aliphatic heterocycles. The number of furan rings is 1. The molecule has 0 N–H and O–H groups in total. The fourth-order valence-electron chi connectivity index (χ4n) is 8.00. The van der Waals surface area contributed by atoms with Gasteiger partial charge in [-0.05, 0) is 102 Å². The van der Waals surface area contributed by atoms with Gasteiger partial charge in [0.2, 0.25) is 0 Å². The Morgan fingerprint density at radius 2 is 0.917 bits per heavy atom. The molecule has 11 aromatic rings. The van der Waals surface area contributed by atoms with Crippen LogP contribution in [0.5, 0.6) is 0 Å². The van der Waals surface area contributed by atoms with Crippen LogP contribution in [0, 0.1) is 0 Å². The summed E-state index contributed by atoms with van der Waals surface area (Å²) in [6.07, 6.45) is 0. The molecule has 0 saturated heterocycles. The van der Waals surface area contributed by atoms with Crippen molar-refractivity contribution in [3.63, 3.8) is 0 Å². The Balaban J connectivity index is 1.14. The van der Waals surface area contributed by atoms with Crippen LogP contribution in [0.1, 0.15) is 0 Å². The monoisotopic (exact) mass is 626 g/mol. The Bertz CT molecular complexity index is 3120. The molecule has 0 saturated carbocycles. The third kappa shape index (κ3) is 3.66. The number of benzene rings is 9. The molecule has 0 radical (unpaired) electrons. The molecule has 2 heteroatoms. The van der Waals surface area contributed by atoms with Crippen molar-refractivity contribution in [1.29, 1.82) is 0 Å². The van der Waals surface area contributed by atoms with E-state index in [1.165, 1.54) is 85.5 Å². The first kappa shape index (κ1) is 26.1. The van der Waals surface area contributed by atoms with Crippen LogP contribution in [0.25, 0.3) is 107 Å². The lowest BCUT2D eigenvalue weighted by Gasteiger charge is -2.12. The Labute approximate surface area is 279 Å². The summed E-state index contributed by atoms with van der Waals surface area (Å²) in [4.78, 5) is 0. The van der Waals surface area contributed by atoms with Crippen molar-refractivity contribution in [2.24, 2.45) is 0 Å². The summed E-state index contributed by atoms with van der Waals surface area (Å²) in [6, 6.07) is 57.8. The predicted molar refractivity (Wildman–Crippen MR) is 208 cm³/mol. The lowest BCUT2D eigenvalue weighted by atomic mass is 9.91. The maximum absolute atomic E-state index is 6.58. The van der Waals surface area contributed by atoms with Crippen molar-refractivity contribution in [3.8, 4) is 22.3 Å². The quantitative estimate of drug-likeness (QED) is 0.174. The van der Waals surface area contributed by atoms with Gasteiger partial charge in [0, 0.05) is 36.3 Å². The summed E-state index contributed by atoms with van der Waals surface area (Å²) in [5.41, 5.74) is 6.87. The molecule has 1 nitrogen and oxygen atoms in total. The smallest absolute Gasteiger partial charge is 0.143 e. The van der Waals surface area contributed by atoms with Crippen LogP contribution in [0.15, 0.2) is 162 Å². The van der Waals surface area contributed by atoms with E-state index in [2.05, 4.69) is 152 Å². The van der Waals surface area contributed by atoms with Crippen molar-refractivity contribution in [3.05, 3.63) is 158 Å². The standard InChI is InChI=1S/C46H26OS/c1-2-10-31-27(8-1)9-7-14-32(31)30-18-23-44-41(26-30)40-25-29(17-22-43(40)48-44)28-16-19-37-39(24-28)34-12-4-3-11-33(34)36-20-21-38-35-13-5-6-15-42(35)47-46(38)45(36)37/h1-26H. The molecule has 0 atom stereocenters. The predicted octanol–water partition coefficient (Wildman–Crippen LogP) is 13.9. The van der Waals surface area contributed by atoms with E-state index in [1.54, 1.807) is 0 Å². The van der Waals surface area contributed by atoms with Gasteiger partial charge < -0.3 is 4.42 Å². The second-order valence-electron chi connectivity index (χ2n) is 12.8. The van der Waals surface area contributed by atoms with Crippen LogP contribution < -0.4 is 0 Å². The minimum atomic E-state index is 0.929. The summed E-state index contributed by atoms with van der Waals surface area (Å²) < 4.78 is 9.21. The van der Waals surface area contributed by atoms with E-state index in [9.17, 15) is 0 Å². The van der Waals surface area contributed by atoms with Gasteiger partial charge in [0.1, 0.15) is 11.2 Å². The van der Waals surface area contributed by atoms with E-state index in [1.807, 2.05) is 17.4 Å². The van der Waals surface area contributed by atoms with Crippen LogP contribution >= 0.6 is 11.3 Å². The fraction of sp³-hybridized carbons (Fsp3) is 0. The Morgan fingerprint density at radius 1 is 0.354 bits per heavy atom. The summed E-state index contributed by atoms with van der Waals surface area (Å²) in [5.74, 6) is 0. The highest BCUT2D eigenvalue weighted by Gasteiger charge is 2.17. The van der Waals surface area contributed by atoms with E-state index in [-0.39, 0.29) is 0 Å². The largest absolute Gasteiger partial charge is 0.455 e. The average molecular weight is 627 g/mol. The molecule has 2 heterocycles. The second kappa shape index (κ2) is 9.78. The molecule has 11 rings (SSSR count). The lowest BCUT2D eigenvalue weighted by molar-refractivity contribution is 0.673. The van der Waals surface area contributed by atoms with E-state index in [0.29, 0.717) is 0 Å². The number of hydrogen-bond donors (Lipinski definition) is 0. The number of para-hydroxylation sites is 1. The van der Waals surface area contributed by atoms with Crippen LogP contribution in [0.4, 0.5) is 0 Å². The number of thiophene rings is 1. The molecular weight excluding hydrogens is 601 g/mol. The highest BCUT2D eigenvalue weighted by molar-refractivity contribution is 7.25. The first-order valence-electron chi connectivity index (χ1n) is 16.4. The molecule has 0 amide bonds. The maximum Gasteiger partial charge on any atom is 0.143 e. The van der Waals surface area contributed by atoms with Crippen LogP contribution in [-0.4, -0.2) is 0 Å². The SMILES string of the molecule is c1ccc2c(-c3ccc4sc5ccc(-c6ccc7c(c6)c6ccccc6c6ccc8c9ccccc9oc8c67)cc5c4c3)cccc2c1. The molecule has 0 bridgehead atoms. The van der Waals surface area contributed by atoms with Gasteiger partial charge in [-0.1, -0.05) is 115 Å². The van der Waals surface area contributed by atoms with Crippen molar-refractivity contribution >= 4 is 96.5 Å². The van der Waals surface area contributed by atoms with Crippen LogP contribution in [0.3, 0.4) is 0 Å². The van der Waals surface area contributed by atoms with Gasteiger partial charge >= 0.3 is 0 Å². The highest BCUT2D eigenvalue weighted by atomic mass is 32.1. The molecule has 0 fully saturated rings. The van der Waals surface area contributed by atoms with E-state index in [0.717, 1.165) is 21.9 Å². The highest BCUT2D eigenvalue weighted by Crippen LogP contribution is 2.44. The molecule has 0 aliphatic rings. The lowest BCUT2D eigenvalue weighted by Crippen LogP contribution is -1.86. The van der Waals surface area contributed by atoms with Gasteiger partial charge in [0.25, 0.3) is 0 Å². The van der Waals surface area contributed by atoms with Crippen molar-refractivity contribution in [1.82, 2.24) is 0 Å². The molecule has 0 spiro atoms. The zero-order valence-corrected chi connectivity index (χ0v) is 26.6. The zero-order chi connectivity index (χ0) is 31.3. The second-order valence-corrected chi connectivity index (χ2v) is 13.9. The van der Waals surface area contributed by atoms with Gasteiger partial charge in [-0.25, -0.2) is 0 Å². The molecule has 222 valence electrons. The van der Waals surface area contributed by atoms with Crippen molar-refractivity contribution < 1.29 is 4.42 Å². The topological polar surface area (TPSA) is 13.1 Å². The first-order chi connectivity index (χ1) is 23.8. The molecule has 0 aliphatic carbocycles. The Morgan fingerprint density at radius 3 is 1.75 bits per heavy atom. The zero-order valence-electron chi connectivity index (χ0n) is 25.8. The minimum absolute atomic E-state index is 0.929. The van der Waals surface area contributed by atoms with E-state index < -0.39 is 0 Å². The first-order valence-corrected chi connectivity index (χ1v) is 17.2. The van der Waals surface area contributed by atoms with Crippen molar-refractivity contribution in [2.75, 3.05) is 0 Å². The van der Waals surface area contributed by atoms with Crippen LogP contribution in [0.2, 0.25) is 0 Å². The van der Waals surface area contributed by atoms with Crippen LogP contribution in [-0.2, 0) is 0 Å². The minimum Gasteiger partial charge on any atom is -0.455 e. The molecule has 48 heavy (non-hydrogen) atoms. The Hall–Kier alpha value is -5.96. The molecule has 9 aromatic carbocycles. The molecule has 0 unspecified atom stereocenters. The summed E-state index contributed by atoms with van der Waals surface area (Å²) in [5, 5.41) is 14.9. The average Bonchev–Trinajstić information content (AvgIpc) is 3.72. The third-order valence-corrected chi connectivity index (χ3v) is 11.4. The van der Waals surface area contributed by atoms with E-state index >= 15 is 0 Å². The van der Waals surface area contributed by atoms with E-state index in [4.69, 9.17) is 4.42 Å². The summed E-state index contributed by atoms with van der Waals surface area (Å²) in [6.45, 7) is 0. The Kier molecular flexibility index (Phi) is 5.32. The number of hydrogen-bond acceptors (Lipinski definition) is 2. The third-order valence-electron chi connectivity index (χ3n) is 10.2. The van der Waals surface area contributed by atoms with Gasteiger partial charge in [-0.3, -0.25) is 0 Å². The molecule has 2 aromatic heterocycles. The van der Waals surface area contributed by atoms with Gasteiger partial charge in [-0.2, -0.15) is 0 Å². The fourth-order valence-corrected chi connectivity index (χ4v) is 9.07. The van der Waals surface area contributed by atoms with Crippen molar-refractivity contribution in [2.45, 2.75) is 0 Å². The maximum atomic E-state index is 6.58. The summed E-state index contributed by atoms with van der Waals surface area (Å²) >= 11 is 1.87. The van der Waals surface area contributed by atoms with Gasteiger partial charge in [-0.15, -0.1) is 11.3 Å². The molecular formula is C46H26OS. The number of rotatable bonds is 2.